The van der Waals surface area contributed by atoms with Crippen LogP contribution in [0.25, 0.3) is 0 Å². The maximum absolute atomic E-state index is 5.60. The lowest BCUT2D eigenvalue weighted by molar-refractivity contribution is -0.129. The molecule has 3 heteroatoms. The molecule has 1 rings (SSSR count). The molecule has 0 saturated carbocycles. The van der Waals surface area contributed by atoms with Gasteiger partial charge in [0.05, 0.1) is 13.2 Å². The fourth-order valence-corrected chi connectivity index (χ4v) is 1.61. The fourth-order valence-electron chi connectivity index (χ4n) is 1.61. The van der Waals surface area contributed by atoms with Crippen molar-refractivity contribution >= 4 is 0 Å². The smallest absolute Gasteiger partial charge is 0.104 e. The maximum atomic E-state index is 5.60. The van der Waals surface area contributed by atoms with Crippen LogP contribution in [-0.2, 0) is 9.47 Å². The Balaban J connectivity index is 1.78. The molecule has 0 aromatic heterocycles. The molecule has 3 nitrogen and oxygen atoms in total. The molecule has 0 aromatic carbocycles. The minimum Gasteiger partial charge on any atom is -0.376 e. The van der Waals surface area contributed by atoms with Crippen LogP contribution in [0.4, 0.5) is 0 Å². The van der Waals surface area contributed by atoms with Crippen LogP contribution < -0.4 is 5.32 Å². The molecule has 1 atom stereocenters. The molecule has 1 unspecified atom stereocenters. The van der Waals surface area contributed by atoms with E-state index < -0.39 is 0 Å². The number of hydrogen-bond donors (Lipinski definition) is 1. The lowest BCUT2D eigenvalue weighted by Gasteiger charge is -2.26. The molecule has 0 spiro atoms. The van der Waals surface area contributed by atoms with Gasteiger partial charge in [-0.15, -0.1) is 0 Å². The van der Waals surface area contributed by atoms with Gasteiger partial charge in [0, 0.05) is 12.6 Å². The average Bonchev–Trinajstić information content (AvgIpc) is 2.17. The van der Waals surface area contributed by atoms with Crippen molar-refractivity contribution < 1.29 is 9.47 Å². The summed E-state index contributed by atoms with van der Waals surface area (Å²) in [5, 5.41) is 3.49. The zero-order chi connectivity index (χ0) is 10.9. The number of rotatable bonds is 9. The predicted octanol–water partition coefficient (Wildman–Crippen LogP) is 1.96. The zero-order valence-electron chi connectivity index (χ0n) is 10.1. The number of hydrogen-bond acceptors (Lipinski definition) is 3. The first-order chi connectivity index (χ1) is 7.33. The van der Waals surface area contributed by atoms with Crippen molar-refractivity contribution in [3.8, 4) is 0 Å². The third-order valence-corrected chi connectivity index (χ3v) is 2.74. The molecule has 0 bridgehead atoms. The molecule has 1 aliphatic heterocycles. The summed E-state index contributed by atoms with van der Waals surface area (Å²) in [7, 11) is 0. The third-order valence-electron chi connectivity index (χ3n) is 2.74. The Kier molecular flexibility index (Phi) is 6.98. The Bertz CT molecular complexity index is 149. The molecule has 1 fully saturated rings. The van der Waals surface area contributed by atoms with Gasteiger partial charge < -0.3 is 14.8 Å². The Labute approximate surface area is 93.5 Å². The quantitative estimate of drug-likeness (QED) is 0.596. The van der Waals surface area contributed by atoms with Gasteiger partial charge in [0.1, 0.15) is 6.10 Å². The summed E-state index contributed by atoms with van der Waals surface area (Å²) in [6, 6.07) is 0.650. The van der Waals surface area contributed by atoms with Gasteiger partial charge in [-0.1, -0.05) is 6.92 Å². The molecule has 90 valence electrons. The molecular weight excluding hydrogens is 190 g/mol. The normalized spacial score (nSPS) is 18.8. The molecule has 1 heterocycles. The van der Waals surface area contributed by atoms with Gasteiger partial charge in [-0.3, -0.25) is 0 Å². The van der Waals surface area contributed by atoms with Crippen molar-refractivity contribution in [2.45, 2.75) is 51.7 Å². The van der Waals surface area contributed by atoms with Crippen LogP contribution in [-0.4, -0.2) is 38.5 Å². The highest BCUT2D eigenvalue weighted by atomic mass is 16.6. The number of unbranched alkanes of at least 4 members (excludes halogenated alkanes) is 1. The molecule has 1 N–H and O–H groups in total. The fraction of sp³-hybridized carbons (Fsp3) is 1.00. The van der Waals surface area contributed by atoms with Crippen LogP contribution in [0.15, 0.2) is 0 Å². The molecule has 0 radical (unpaired) electrons. The summed E-state index contributed by atoms with van der Waals surface area (Å²) in [4.78, 5) is 0. The standard InChI is InChI=1S/C12H25NO2/c1-3-7-13-11(2)6-4-5-8-15-12-9-14-10-12/h11-13H,3-10H2,1-2H3. The van der Waals surface area contributed by atoms with E-state index in [-0.39, 0.29) is 0 Å². The summed E-state index contributed by atoms with van der Waals surface area (Å²) >= 11 is 0. The van der Waals surface area contributed by atoms with Gasteiger partial charge in [0.15, 0.2) is 0 Å². The second-order valence-corrected chi connectivity index (χ2v) is 4.38. The van der Waals surface area contributed by atoms with Crippen LogP contribution in [0, 0.1) is 0 Å². The number of nitrogens with one attached hydrogen (secondary N) is 1. The largest absolute Gasteiger partial charge is 0.376 e. The molecule has 1 saturated heterocycles. The van der Waals surface area contributed by atoms with Crippen LogP contribution in [0.5, 0.6) is 0 Å². The highest BCUT2D eigenvalue weighted by molar-refractivity contribution is 4.64. The summed E-state index contributed by atoms with van der Waals surface area (Å²) in [5.41, 5.74) is 0. The Hall–Kier alpha value is -0.120. The average molecular weight is 215 g/mol. The monoisotopic (exact) mass is 215 g/mol. The summed E-state index contributed by atoms with van der Waals surface area (Å²) in [5.74, 6) is 0. The van der Waals surface area contributed by atoms with Gasteiger partial charge in [-0.25, -0.2) is 0 Å². The van der Waals surface area contributed by atoms with Crippen molar-refractivity contribution in [2.24, 2.45) is 0 Å². The van der Waals surface area contributed by atoms with Crippen LogP contribution >= 0.6 is 0 Å². The second kappa shape index (κ2) is 8.08. The minimum absolute atomic E-state index is 0.389. The highest BCUT2D eigenvalue weighted by Gasteiger charge is 2.17. The molecule has 0 aliphatic carbocycles. The second-order valence-electron chi connectivity index (χ2n) is 4.38. The number of ether oxygens (including phenoxy) is 2. The topological polar surface area (TPSA) is 30.5 Å². The van der Waals surface area contributed by atoms with Crippen molar-refractivity contribution in [2.75, 3.05) is 26.4 Å². The van der Waals surface area contributed by atoms with Gasteiger partial charge in [0.2, 0.25) is 0 Å². The van der Waals surface area contributed by atoms with E-state index in [2.05, 4.69) is 19.2 Å². The Morgan fingerprint density at radius 2 is 2.20 bits per heavy atom. The van der Waals surface area contributed by atoms with Gasteiger partial charge in [-0.2, -0.15) is 0 Å². The van der Waals surface area contributed by atoms with Crippen LogP contribution in [0.2, 0.25) is 0 Å². The lowest BCUT2D eigenvalue weighted by atomic mass is 10.1. The zero-order valence-corrected chi connectivity index (χ0v) is 10.1. The summed E-state index contributed by atoms with van der Waals surface area (Å²) < 4.78 is 10.6. The van der Waals surface area contributed by atoms with E-state index in [1.54, 1.807) is 0 Å². The SMILES string of the molecule is CCCNC(C)CCCCOC1COC1. The molecular formula is C12H25NO2. The van der Waals surface area contributed by atoms with Crippen LogP contribution in [0.3, 0.4) is 0 Å². The van der Waals surface area contributed by atoms with E-state index in [0.29, 0.717) is 12.1 Å². The van der Waals surface area contributed by atoms with Crippen LogP contribution in [0.1, 0.15) is 39.5 Å². The van der Waals surface area contributed by atoms with E-state index in [9.17, 15) is 0 Å². The van der Waals surface area contributed by atoms with E-state index >= 15 is 0 Å². The molecule has 1 aliphatic rings. The van der Waals surface area contributed by atoms with E-state index in [0.717, 1.165) is 26.4 Å². The Morgan fingerprint density at radius 1 is 1.40 bits per heavy atom. The molecule has 0 aromatic rings. The first kappa shape index (κ1) is 12.9. The van der Waals surface area contributed by atoms with E-state index in [1.807, 2.05) is 0 Å². The van der Waals surface area contributed by atoms with E-state index in [4.69, 9.17) is 9.47 Å². The van der Waals surface area contributed by atoms with Gasteiger partial charge in [-0.05, 0) is 39.2 Å². The molecule has 0 amide bonds. The summed E-state index contributed by atoms with van der Waals surface area (Å²) in [6.45, 7) is 8.10. The predicted molar refractivity (Wildman–Crippen MR) is 62.2 cm³/mol. The highest BCUT2D eigenvalue weighted by Crippen LogP contribution is 2.07. The minimum atomic E-state index is 0.389. The summed E-state index contributed by atoms with van der Waals surface area (Å²) in [6.07, 6.45) is 5.29. The van der Waals surface area contributed by atoms with Crippen molar-refractivity contribution in [1.82, 2.24) is 5.32 Å². The third kappa shape index (κ3) is 6.13. The van der Waals surface area contributed by atoms with Gasteiger partial charge >= 0.3 is 0 Å². The lowest BCUT2D eigenvalue weighted by Crippen LogP contribution is -2.36. The van der Waals surface area contributed by atoms with Crippen molar-refractivity contribution in [3.63, 3.8) is 0 Å². The first-order valence-corrected chi connectivity index (χ1v) is 6.25. The first-order valence-electron chi connectivity index (χ1n) is 6.25. The van der Waals surface area contributed by atoms with Crippen molar-refractivity contribution in [3.05, 3.63) is 0 Å². The maximum Gasteiger partial charge on any atom is 0.104 e. The van der Waals surface area contributed by atoms with Gasteiger partial charge in [0.25, 0.3) is 0 Å². The Morgan fingerprint density at radius 3 is 2.80 bits per heavy atom. The van der Waals surface area contributed by atoms with Crippen molar-refractivity contribution in [1.29, 1.82) is 0 Å². The van der Waals surface area contributed by atoms with E-state index in [1.165, 1.54) is 25.7 Å². The molecule has 15 heavy (non-hydrogen) atoms.